The standard InChI is InChI=1S/C20H26N6O3S2/c1-5-8-17-22-24-19(31-17)21-16(27)12-30-20-25-23-18(26(20)6-2)13(3)29-15-10-7-9-14(11-15)28-4/h7,9-11,13H,5-6,8,12H2,1-4H3,(H,21,24,27). The third-order valence-corrected chi connectivity index (χ3v) is 6.15. The Bertz CT molecular complexity index is 1010. The maximum absolute atomic E-state index is 12.3. The van der Waals surface area contributed by atoms with Gasteiger partial charge in [-0.3, -0.25) is 10.1 Å². The van der Waals surface area contributed by atoms with Crippen LogP contribution >= 0.6 is 23.1 Å². The summed E-state index contributed by atoms with van der Waals surface area (Å²) in [7, 11) is 1.62. The van der Waals surface area contributed by atoms with Crippen molar-refractivity contribution in [1.29, 1.82) is 0 Å². The van der Waals surface area contributed by atoms with Crippen LogP contribution in [0.1, 0.15) is 44.1 Å². The Morgan fingerprint density at radius 3 is 2.77 bits per heavy atom. The number of ether oxygens (including phenoxy) is 2. The van der Waals surface area contributed by atoms with Gasteiger partial charge < -0.3 is 14.0 Å². The van der Waals surface area contributed by atoms with E-state index in [1.165, 1.54) is 23.1 Å². The molecule has 1 unspecified atom stereocenters. The van der Waals surface area contributed by atoms with E-state index in [4.69, 9.17) is 9.47 Å². The molecule has 11 heteroatoms. The van der Waals surface area contributed by atoms with Crippen LogP contribution in [0.25, 0.3) is 0 Å². The SMILES string of the molecule is CCCc1nnc(NC(=O)CSc2nnc(C(C)Oc3cccc(OC)c3)n2CC)s1. The van der Waals surface area contributed by atoms with Crippen molar-refractivity contribution in [2.75, 3.05) is 18.2 Å². The van der Waals surface area contributed by atoms with E-state index in [1.54, 1.807) is 7.11 Å². The van der Waals surface area contributed by atoms with Gasteiger partial charge in [0.15, 0.2) is 17.1 Å². The second-order valence-corrected chi connectivity index (χ2v) is 8.62. The normalized spacial score (nSPS) is 11.9. The average Bonchev–Trinajstić information content (AvgIpc) is 3.39. The van der Waals surface area contributed by atoms with Crippen molar-refractivity contribution in [3.05, 3.63) is 35.1 Å². The zero-order valence-corrected chi connectivity index (χ0v) is 19.6. The lowest BCUT2D eigenvalue weighted by molar-refractivity contribution is -0.113. The Labute approximate surface area is 189 Å². The molecule has 0 aliphatic heterocycles. The largest absolute Gasteiger partial charge is 0.497 e. The molecule has 0 aliphatic carbocycles. The van der Waals surface area contributed by atoms with Crippen molar-refractivity contribution in [2.24, 2.45) is 0 Å². The van der Waals surface area contributed by atoms with Crippen LogP contribution in [0.4, 0.5) is 5.13 Å². The maximum Gasteiger partial charge on any atom is 0.236 e. The molecule has 1 atom stereocenters. The van der Waals surface area contributed by atoms with Crippen LogP contribution in [0, 0.1) is 0 Å². The van der Waals surface area contributed by atoms with E-state index in [0.29, 0.717) is 28.4 Å². The number of rotatable bonds is 11. The molecule has 3 aromatic rings. The molecule has 166 valence electrons. The first-order valence-corrected chi connectivity index (χ1v) is 11.8. The number of aromatic nitrogens is 5. The number of hydrogen-bond donors (Lipinski definition) is 1. The molecule has 2 heterocycles. The van der Waals surface area contributed by atoms with Crippen LogP contribution in [0.5, 0.6) is 11.5 Å². The van der Waals surface area contributed by atoms with E-state index < -0.39 is 0 Å². The highest BCUT2D eigenvalue weighted by atomic mass is 32.2. The molecule has 0 aliphatic rings. The summed E-state index contributed by atoms with van der Waals surface area (Å²) in [4.78, 5) is 12.3. The number of hydrogen-bond acceptors (Lipinski definition) is 9. The van der Waals surface area contributed by atoms with Crippen molar-refractivity contribution < 1.29 is 14.3 Å². The van der Waals surface area contributed by atoms with Crippen LogP contribution in [0.15, 0.2) is 29.4 Å². The molecule has 0 saturated carbocycles. The first-order chi connectivity index (χ1) is 15.0. The number of amides is 1. The number of carbonyl (C=O) groups excluding carboxylic acids is 1. The van der Waals surface area contributed by atoms with Gasteiger partial charge in [0.1, 0.15) is 16.5 Å². The zero-order valence-electron chi connectivity index (χ0n) is 18.0. The number of thioether (sulfide) groups is 1. The average molecular weight is 463 g/mol. The van der Waals surface area contributed by atoms with E-state index in [1.807, 2.05) is 42.7 Å². The smallest absolute Gasteiger partial charge is 0.236 e. The molecule has 2 aromatic heterocycles. The van der Waals surface area contributed by atoms with Crippen molar-refractivity contribution in [3.8, 4) is 11.5 Å². The highest BCUT2D eigenvalue weighted by molar-refractivity contribution is 7.99. The molecular formula is C20H26N6O3S2. The predicted molar refractivity (Wildman–Crippen MR) is 121 cm³/mol. The van der Waals surface area contributed by atoms with Gasteiger partial charge in [0.05, 0.1) is 12.9 Å². The maximum atomic E-state index is 12.3. The summed E-state index contributed by atoms with van der Waals surface area (Å²) < 4.78 is 13.2. The lowest BCUT2D eigenvalue weighted by atomic mass is 10.3. The number of nitrogens with zero attached hydrogens (tertiary/aromatic N) is 5. The Morgan fingerprint density at radius 2 is 2.03 bits per heavy atom. The second-order valence-electron chi connectivity index (χ2n) is 6.61. The van der Waals surface area contributed by atoms with Crippen molar-refractivity contribution in [2.45, 2.75) is 51.4 Å². The van der Waals surface area contributed by atoms with Crippen molar-refractivity contribution in [1.82, 2.24) is 25.0 Å². The molecule has 0 fully saturated rings. The Morgan fingerprint density at radius 1 is 1.23 bits per heavy atom. The van der Waals surface area contributed by atoms with Crippen molar-refractivity contribution in [3.63, 3.8) is 0 Å². The number of nitrogens with one attached hydrogen (secondary N) is 1. The molecular weight excluding hydrogens is 436 g/mol. The summed E-state index contributed by atoms with van der Waals surface area (Å²) in [5.74, 6) is 2.15. The number of carbonyl (C=O) groups is 1. The molecule has 0 bridgehead atoms. The summed E-state index contributed by atoms with van der Waals surface area (Å²) in [5, 5.41) is 21.5. The summed E-state index contributed by atoms with van der Waals surface area (Å²) in [6.07, 6.45) is 1.54. The molecule has 1 amide bonds. The topological polar surface area (TPSA) is 104 Å². The first kappa shape index (κ1) is 23.0. The van der Waals surface area contributed by atoms with E-state index in [9.17, 15) is 4.79 Å². The fourth-order valence-corrected chi connectivity index (χ4v) is 4.51. The molecule has 1 aromatic carbocycles. The van der Waals surface area contributed by atoms with E-state index in [-0.39, 0.29) is 17.8 Å². The number of benzene rings is 1. The van der Waals surface area contributed by atoms with Crippen LogP contribution < -0.4 is 14.8 Å². The van der Waals surface area contributed by atoms with E-state index in [2.05, 4.69) is 32.6 Å². The third-order valence-electron chi connectivity index (χ3n) is 4.29. The van der Waals surface area contributed by atoms with Gasteiger partial charge in [0.2, 0.25) is 11.0 Å². The van der Waals surface area contributed by atoms with Crippen molar-refractivity contribution >= 4 is 34.1 Å². The Balaban J connectivity index is 1.60. The highest BCUT2D eigenvalue weighted by Gasteiger charge is 2.20. The minimum absolute atomic E-state index is 0.155. The highest BCUT2D eigenvalue weighted by Crippen LogP contribution is 2.27. The van der Waals surface area contributed by atoms with Crippen LogP contribution in [-0.4, -0.2) is 43.7 Å². The van der Waals surface area contributed by atoms with Gasteiger partial charge in [-0.1, -0.05) is 36.1 Å². The number of methoxy groups -OCH3 is 1. The first-order valence-electron chi connectivity index (χ1n) is 10.0. The Kier molecular flexibility index (Phi) is 8.24. The van der Waals surface area contributed by atoms with Gasteiger partial charge in [0, 0.05) is 19.0 Å². The second kappa shape index (κ2) is 11.1. The molecule has 9 nitrogen and oxygen atoms in total. The zero-order chi connectivity index (χ0) is 22.2. The van der Waals surface area contributed by atoms with E-state index >= 15 is 0 Å². The van der Waals surface area contributed by atoms with Crippen LogP contribution in [0.3, 0.4) is 0 Å². The Hall–Kier alpha value is -2.66. The molecule has 3 rings (SSSR count). The molecule has 0 spiro atoms. The number of anilines is 1. The monoisotopic (exact) mass is 462 g/mol. The van der Waals surface area contributed by atoms with E-state index in [0.717, 1.165) is 23.6 Å². The van der Waals surface area contributed by atoms with Gasteiger partial charge >= 0.3 is 0 Å². The van der Waals surface area contributed by atoms with Gasteiger partial charge in [-0.05, 0) is 32.4 Å². The van der Waals surface area contributed by atoms with Crippen LogP contribution in [-0.2, 0) is 17.8 Å². The summed E-state index contributed by atoms with van der Waals surface area (Å²) in [5.41, 5.74) is 0. The third kappa shape index (κ3) is 6.17. The molecule has 1 N–H and O–H groups in total. The number of aryl methyl sites for hydroxylation is 1. The van der Waals surface area contributed by atoms with Gasteiger partial charge in [-0.25, -0.2) is 0 Å². The minimum Gasteiger partial charge on any atom is -0.497 e. The van der Waals surface area contributed by atoms with Gasteiger partial charge in [-0.2, -0.15) is 0 Å². The summed E-state index contributed by atoms with van der Waals surface area (Å²) >= 11 is 2.73. The summed E-state index contributed by atoms with van der Waals surface area (Å²) in [6, 6.07) is 7.42. The predicted octanol–water partition coefficient (Wildman–Crippen LogP) is 3.98. The van der Waals surface area contributed by atoms with Gasteiger partial charge in [-0.15, -0.1) is 20.4 Å². The lowest BCUT2D eigenvalue weighted by Gasteiger charge is -2.16. The minimum atomic E-state index is -0.318. The fraction of sp³-hybridized carbons (Fsp3) is 0.450. The molecule has 0 saturated heterocycles. The fourth-order valence-electron chi connectivity index (χ4n) is 2.84. The molecule has 0 radical (unpaired) electrons. The summed E-state index contributed by atoms with van der Waals surface area (Å²) in [6.45, 7) is 6.66. The quantitative estimate of drug-likeness (QED) is 0.427. The van der Waals surface area contributed by atoms with Crippen LogP contribution in [0.2, 0.25) is 0 Å². The molecule has 31 heavy (non-hydrogen) atoms. The van der Waals surface area contributed by atoms with Gasteiger partial charge in [0.25, 0.3) is 0 Å². The lowest BCUT2D eigenvalue weighted by Crippen LogP contribution is -2.15.